The van der Waals surface area contributed by atoms with E-state index in [0.717, 1.165) is 63.4 Å². The van der Waals surface area contributed by atoms with Gasteiger partial charge in [-0.2, -0.15) is 0 Å². The molecule has 10 aliphatic rings. The second-order valence-electron chi connectivity index (χ2n) is 21.7. The molecule has 354 valence electrons. The molecule has 4 nitrogen and oxygen atoms in total. The number of hydrogen-bond donors (Lipinski definition) is 4. The minimum Gasteiger partial charge on any atom is -0.508 e. The molecule has 4 heteroatoms. The Labute approximate surface area is 414 Å². The minimum absolute atomic E-state index is 0.164. The molecule has 2 aromatic carbocycles. The molecule has 0 spiro atoms. The van der Waals surface area contributed by atoms with Gasteiger partial charge in [0.05, 0.1) is 12.0 Å². The van der Waals surface area contributed by atoms with E-state index in [2.05, 4.69) is 170 Å². The highest BCUT2D eigenvalue weighted by atomic mass is 16.3. The number of fused-ring (bicyclic) bond motifs is 4. The lowest BCUT2D eigenvalue weighted by molar-refractivity contribution is 0.125. The van der Waals surface area contributed by atoms with Gasteiger partial charge in [0.1, 0.15) is 5.76 Å². The number of hydrogen-bond acceptors (Lipinski definition) is 4. The van der Waals surface area contributed by atoms with Crippen molar-refractivity contribution >= 4 is 11.1 Å². The summed E-state index contributed by atoms with van der Waals surface area (Å²) in [6, 6.07) is 20.1. The Kier molecular flexibility index (Phi) is 12.2. The van der Waals surface area contributed by atoms with Crippen LogP contribution in [-0.2, 0) is 6.42 Å². The summed E-state index contributed by atoms with van der Waals surface area (Å²) in [6.07, 6.45) is 57.2. The highest BCUT2D eigenvalue weighted by Gasteiger charge is 2.43. The molecule has 0 fully saturated rings. The van der Waals surface area contributed by atoms with E-state index < -0.39 is 23.5 Å². The third-order valence-electron chi connectivity index (χ3n) is 17.6. The van der Waals surface area contributed by atoms with Gasteiger partial charge in [0.2, 0.25) is 0 Å². The highest BCUT2D eigenvalue weighted by Crippen LogP contribution is 2.51. The van der Waals surface area contributed by atoms with Crippen molar-refractivity contribution in [1.29, 1.82) is 0 Å². The average molecular weight is 923 g/mol. The van der Waals surface area contributed by atoms with Gasteiger partial charge in [0, 0.05) is 11.5 Å². The summed E-state index contributed by atoms with van der Waals surface area (Å²) < 4.78 is 0. The number of allylic oxidation sites excluding steroid dienone is 26. The van der Waals surface area contributed by atoms with Crippen LogP contribution in [0, 0.1) is 59.2 Å². The van der Waals surface area contributed by atoms with Gasteiger partial charge in [-0.05, 0) is 174 Å². The number of rotatable bonds is 10. The predicted molar refractivity (Wildman–Crippen MR) is 285 cm³/mol. The van der Waals surface area contributed by atoms with Crippen molar-refractivity contribution in [3.63, 3.8) is 0 Å². The maximum Gasteiger partial charge on any atom is 0.197 e. The maximum atomic E-state index is 11.6. The smallest absolute Gasteiger partial charge is 0.197 e. The lowest BCUT2D eigenvalue weighted by Gasteiger charge is -2.37. The van der Waals surface area contributed by atoms with Gasteiger partial charge < -0.3 is 20.4 Å². The van der Waals surface area contributed by atoms with E-state index in [4.69, 9.17) is 0 Å². The molecule has 0 aliphatic heterocycles. The van der Waals surface area contributed by atoms with Gasteiger partial charge in [-0.1, -0.05) is 182 Å². The summed E-state index contributed by atoms with van der Waals surface area (Å²) in [4.78, 5) is 0. The van der Waals surface area contributed by atoms with E-state index in [1.54, 1.807) is 0 Å². The fraction of sp³-hybridized carbons (Fsp3) is 0.333. The Morgan fingerprint density at radius 2 is 1.51 bits per heavy atom. The van der Waals surface area contributed by atoms with Crippen molar-refractivity contribution in [1.82, 2.24) is 0 Å². The number of aliphatic hydroxyl groups excluding tert-OH is 4. The quantitative estimate of drug-likeness (QED) is 0.179. The van der Waals surface area contributed by atoms with Gasteiger partial charge in [-0.3, -0.25) is 0 Å². The molecule has 11 atom stereocenters. The molecule has 4 N–H and O–H groups in total. The van der Waals surface area contributed by atoms with Crippen LogP contribution < -0.4 is 0 Å². The van der Waals surface area contributed by atoms with Crippen molar-refractivity contribution in [3.05, 3.63) is 249 Å². The molecule has 0 saturated heterocycles. The first-order valence-electron chi connectivity index (χ1n) is 26.4. The normalized spacial score (nSPS) is 32.5. The Balaban J connectivity index is 0.884. The van der Waals surface area contributed by atoms with E-state index in [1.807, 2.05) is 6.08 Å². The lowest BCUT2D eigenvalue weighted by Crippen LogP contribution is -2.31. The van der Waals surface area contributed by atoms with E-state index in [-0.39, 0.29) is 23.2 Å². The van der Waals surface area contributed by atoms with Crippen molar-refractivity contribution in [3.8, 4) is 0 Å². The third kappa shape index (κ3) is 8.68. The lowest BCUT2D eigenvalue weighted by atomic mass is 9.68. The molecule has 0 heterocycles. The fourth-order valence-electron chi connectivity index (χ4n) is 13.7. The van der Waals surface area contributed by atoms with Crippen LogP contribution in [-0.4, -0.2) is 26.5 Å². The average Bonchev–Trinajstić information content (AvgIpc) is 4.27. The van der Waals surface area contributed by atoms with E-state index in [0.29, 0.717) is 53.4 Å². The maximum absolute atomic E-state index is 11.6. The molecule has 12 rings (SSSR count). The molecule has 0 amide bonds. The van der Waals surface area contributed by atoms with Crippen molar-refractivity contribution < 1.29 is 20.4 Å². The van der Waals surface area contributed by atoms with Gasteiger partial charge in [0.15, 0.2) is 11.5 Å². The van der Waals surface area contributed by atoms with E-state index >= 15 is 0 Å². The summed E-state index contributed by atoms with van der Waals surface area (Å²) in [5, 5.41) is 44.6. The van der Waals surface area contributed by atoms with Crippen molar-refractivity contribution in [2.75, 3.05) is 0 Å². The number of aryl methyl sites for hydroxylation is 1. The Morgan fingerprint density at radius 1 is 0.671 bits per heavy atom. The van der Waals surface area contributed by atoms with Crippen molar-refractivity contribution in [2.45, 2.75) is 76.7 Å². The van der Waals surface area contributed by atoms with Crippen LogP contribution in [0.3, 0.4) is 0 Å². The monoisotopic (exact) mass is 922 g/mol. The molecule has 2 aromatic rings. The fourth-order valence-corrected chi connectivity index (χ4v) is 13.7. The largest absolute Gasteiger partial charge is 0.508 e. The molecule has 0 saturated carbocycles. The Morgan fingerprint density at radius 3 is 2.31 bits per heavy atom. The second-order valence-corrected chi connectivity index (χ2v) is 21.7. The summed E-state index contributed by atoms with van der Waals surface area (Å²) in [5.74, 6) is 1.40. The van der Waals surface area contributed by atoms with Gasteiger partial charge in [0.25, 0.3) is 0 Å². The van der Waals surface area contributed by atoms with Crippen LogP contribution in [0.4, 0.5) is 0 Å². The molecule has 0 radical (unpaired) electrons. The minimum atomic E-state index is -1.15. The zero-order chi connectivity index (χ0) is 47.3. The van der Waals surface area contributed by atoms with Crippen molar-refractivity contribution in [2.24, 2.45) is 59.2 Å². The highest BCUT2D eigenvalue weighted by molar-refractivity contribution is 5.83. The molecule has 70 heavy (non-hydrogen) atoms. The molecule has 0 aromatic heterocycles. The van der Waals surface area contributed by atoms with Crippen LogP contribution in [0.2, 0.25) is 0 Å². The summed E-state index contributed by atoms with van der Waals surface area (Å²) in [7, 11) is 0. The molecular weight excluding hydrogens is 857 g/mol. The van der Waals surface area contributed by atoms with Crippen LogP contribution in [0.5, 0.6) is 0 Å². The van der Waals surface area contributed by atoms with Crippen LogP contribution in [0.25, 0.3) is 11.1 Å². The first kappa shape index (κ1) is 44.8. The second kappa shape index (κ2) is 19.1. The standard InChI is InChI=1S/C66H66O4/c67-63-61(64(68)66(70)65(69)62(63)50-29-30-50)49-27-25-48(26-28-49)59(55-39-53(42-11-3-1-4-12-42)38-54(40-55)43-13-5-2-6-14-43)35-41-19-33-58-56-18-10-9-16-46(56)32-34-57(60(58)36-41)47-23-20-45(21-24-47)52-31-22-44-15-7-8-17-51(44)37-52/h1-13,15-18,20-23,25,27-29,33,36,39-41,43,47-48,51-52,54,57,59,62-63,67-70H,14,19,24,26,30-32,34-35,37-38H2. The number of aliphatic hydroxyl groups is 4. The number of benzene rings is 2. The SMILES string of the molecule is OC1=C(C2=CCC(C(CC3C=C4C(=CC3)c3ccccc3CCC4C3C=CC(C4CC=C5C=CC=CC5C4)=CC3)C3=CC(C4C=CC=CC4)CC(c4ccccc4)=C3)C=C2)C(O)C(C2=CC2)C(O)=C1O. The first-order chi connectivity index (χ1) is 34.3. The molecule has 11 unspecified atom stereocenters. The molecule has 0 bridgehead atoms. The summed E-state index contributed by atoms with van der Waals surface area (Å²) >= 11 is 0. The van der Waals surface area contributed by atoms with Gasteiger partial charge in [-0.15, -0.1) is 0 Å². The van der Waals surface area contributed by atoms with Gasteiger partial charge >= 0.3 is 0 Å². The predicted octanol–water partition coefficient (Wildman–Crippen LogP) is 15.3. The van der Waals surface area contributed by atoms with E-state index in [9.17, 15) is 20.4 Å². The zero-order valence-corrected chi connectivity index (χ0v) is 40.2. The molecule has 10 aliphatic carbocycles. The van der Waals surface area contributed by atoms with Crippen LogP contribution >= 0.6 is 0 Å². The van der Waals surface area contributed by atoms with E-state index in [1.165, 1.54) is 56.5 Å². The Hall–Kier alpha value is -6.36. The van der Waals surface area contributed by atoms with Gasteiger partial charge in [-0.25, -0.2) is 0 Å². The third-order valence-corrected chi connectivity index (χ3v) is 17.6. The molecular formula is C66H66O4. The zero-order valence-electron chi connectivity index (χ0n) is 40.2. The Bertz CT molecular complexity index is 2960. The summed E-state index contributed by atoms with van der Waals surface area (Å²) in [6.45, 7) is 0. The van der Waals surface area contributed by atoms with Crippen LogP contribution in [0.1, 0.15) is 80.9 Å². The summed E-state index contributed by atoms with van der Waals surface area (Å²) in [5.41, 5.74) is 14.8. The first-order valence-corrected chi connectivity index (χ1v) is 26.4. The topological polar surface area (TPSA) is 80.9 Å². The van der Waals surface area contributed by atoms with Crippen LogP contribution in [0.15, 0.2) is 232 Å².